The summed E-state index contributed by atoms with van der Waals surface area (Å²) in [4.78, 5) is 34.0. The van der Waals surface area contributed by atoms with Crippen LogP contribution in [0.1, 0.15) is 46.6 Å². The lowest BCUT2D eigenvalue weighted by Gasteiger charge is -2.32. The number of hydrogen-bond donors (Lipinski definition) is 2. The van der Waals surface area contributed by atoms with E-state index in [2.05, 4.69) is 50.4 Å². The van der Waals surface area contributed by atoms with Gasteiger partial charge in [0.2, 0.25) is 0 Å². The van der Waals surface area contributed by atoms with Gasteiger partial charge in [0.05, 0.1) is 17.2 Å². The van der Waals surface area contributed by atoms with Crippen molar-refractivity contribution in [3.63, 3.8) is 0 Å². The van der Waals surface area contributed by atoms with Crippen molar-refractivity contribution in [2.75, 3.05) is 20.1 Å². The van der Waals surface area contributed by atoms with E-state index in [-0.39, 0.29) is 17.5 Å². The maximum atomic E-state index is 12.5. The number of hydrogen-bond acceptors (Lipinski definition) is 5. The lowest BCUT2D eigenvalue weighted by atomic mass is 9.98. The van der Waals surface area contributed by atoms with E-state index >= 15 is 0 Å². The number of carbonyl (C=O) groups excluding carboxylic acids is 1. The van der Waals surface area contributed by atoms with Crippen LogP contribution in [0, 0.1) is 6.92 Å². The number of nitrogens with zero attached hydrogens (tertiary/aromatic N) is 4. The van der Waals surface area contributed by atoms with Crippen LogP contribution in [0.15, 0.2) is 53.6 Å². The van der Waals surface area contributed by atoms with Gasteiger partial charge in [0.25, 0.3) is 11.5 Å². The Morgan fingerprint density at radius 1 is 1.21 bits per heavy atom. The van der Waals surface area contributed by atoms with Crippen molar-refractivity contribution < 1.29 is 4.79 Å². The van der Waals surface area contributed by atoms with Crippen molar-refractivity contribution in [1.29, 1.82) is 0 Å². The third-order valence-corrected chi connectivity index (χ3v) is 6.53. The molecule has 8 nitrogen and oxygen atoms in total. The van der Waals surface area contributed by atoms with Crippen LogP contribution in [0.25, 0.3) is 22.1 Å². The van der Waals surface area contributed by atoms with Gasteiger partial charge in [0.15, 0.2) is 0 Å². The van der Waals surface area contributed by atoms with E-state index in [1.165, 1.54) is 5.57 Å². The number of aromatic amines is 1. The summed E-state index contributed by atoms with van der Waals surface area (Å²) in [6.07, 6.45) is 6.63. The Hall–Kier alpha value is -3.78. The number of fused-ring (bicyclic) bond motifs is 3. The third kappa shape index (κ3) is 3.72. The predicted molar refractivity (Wildman–Crippen MR) is 128 cm³/mol. The minimum absolute atomic E-state index is 0.121. The maximum absolute atomic E-state index is 12.5. The molecule has 1 aliphatic heterocycles. The van der Waals surface area contributed by atoms with Crippen LogP contribution < -0.4 is 10.9 Å². The van der Waals surface area contributed by atoms with Gasteiger partial charge in [-0.25, -0.2) is 4.52 Å². The average molecular weight is 443 g/mol. The maximum Gasteiger partial charge on any atom is 0.274 e. The van der Waals surface area contributed by atoms with Crippen LogP contribution in [-0.4, -0.2) is 50.5 Å². The van der Waals surface area contributed by atoms with Crippen LogP contribution >= 0.6 is 0 Å². The van der Waals surface area contributed by atoms with Crippen LogP contribution in [-0.2, 0) is 0 Å². The fourth-order valence-electron chi connectivity index (χ4n) is 4.52. The molecule has 0 saturated carbocycles. The molecule has 0 bridgehead atoms. The van der Waals surface area contributed by atoms with Gasteiger partial charge in [-0.05, 0) is 55.2 Å². The van der Waals surface area contributed by atoms with Crippen molar-refractivity contribution >= 4 is 28.0 Å². The number of pyridine rings is 1. The quantitative estimate of drug-likeness (QED) is 0.506. The topological polar surface area (TPSA) is 95.4 Å². The Morgan fingerprint density at radius 3 is 2.76 bits per heavy atom. The van der Waals surface area contributed by atoms with Crippen LogP contribution in [0.5, 0.6) is 0 Å². The van der Waals surface area contributed by atoms with Gasteiger partial charge in [-0.3, -0.25) is 19.5 Å². The summed E-state index contributed by atoms with van der Waals surface area (Å²) in [7, 11) is 1.60. The molecule has 168 valence electrons. The number of amides is 1. The third-order valence-electron chi connectivity index (χ3n) is 6.53. The van der Waals surface area contributed by atoms with Crippen LogP contribution in [0.3, 0.4) is 0 Å². The molecule has 1 amide bonds. The molecule has 3 aromatic heterocycles. The highest BCUT2D eigenvalue weighted by atomic mass is 16.1. The summed E-state index contributed by atoms with van der Waals surface area (Å²) in [6, 6.07) is 10.1. The van der Waals surface area contributed by atoms with Gasteiger partial charge in [-0.15, -0.1) is 0 Å². The van der Waals surface area contributed by atoms with Crippen LogP contribution in [0.2, 0.25) is 0 Å². The van der Waals surface area contributed by atoms with Gasteiger partial charge >= 0.3 is 0 Å². The Morgan fingerprint density at radius 2 is 2.06 bits per heavy atom. The molecule has 0 fully saturated rings. The molecule has 2 N–H and O–H groups in total. The molecule has 1 atom stereocenters. The van der Waals surface area contributed by atoms with Gasteiger partial charge in [-0.2, -0.15) is 5.10 Å². The number of rotatable bonds is 4. The Balaban J connectivity index is 1.36. The van der Waals surface area contributed by atoms with Crippen molar-refractivity contribution in [3.05, 3.63) is 81.5 Å². The zero-order chi connectivity index (χ0) is 23.1. The smallest absolute Gasteiger partial charge is 0.274 e. The molecule has 1 aromatic carbocycles. The van der Waals surface area contributed by atoms with Crippen molar-refractivity contribution in [2.45, 2.75) is 26.3 Å². The number of aryl methyl sites for hydroxylation is 1. The second kappa shape index (κ2) is 8.29. The zero-order valence-corrected chi connectivity index (χ0v) is 18.9. The van der Waals surface area contributed by atoms with Crippen molar-refractivity contribution in [2.24, 2.45) is 0 Å². The largest absolute Gasteiger partial charge is 0.354 e. The zero-order valence-electron chi connectivity index (χ0n) is 18.9. The lowest BCUT2D eigenvalue weighted by molar-refractivity contribution is 0.0958. The number of benzene rings is 1. The van der Waals surface area contributed by atoms with Gasteiger partial charge in [-0.1, -0.05) is 18.2 Å². The Kier molecular flexibility index (Phi) is 5.30. The van der Waals surface area contributed by atoms with Crippen molar-refractivity contribution in [3.8, 4) is 0 Å². The molecular weight excluding hydrogens is 416 g/mol. The van der Waals surface area contributed by atoms with Crippen LogP contribution in [0.4, 0.5) is 0 Å². The standard InChI is InChI=1S/C25H26N6O2/c1-15-13-28-31-22-7-5-18(12-21(22)29-25(33)23(15)31)16(2)30-10-8-17(9-11-30)19-4-6-20(27-14-19)24(32)26-3/h4-8,12-14,16H,9-11H2,1-3H3,(H,26,32)(H,29,33). The number of H-pyrrole nitrogens is 1. The molecular formula is C25H26N6O2. The van der Waals surface area contributed by atoms with E-state index < -0.39 is 0 Å². The molecule has 0 spiro atoms. The van der Waals surface area contributed by atoms with Gasteiger partial charge in [0.1, 0.15) is 11.2 Å². The molecule has 4 heterocycles. The molecule has 1 unspecified atom stereocenters. The molecule has 4 aromatic rings. The first kappa shape index (κ1) is 21.1. The van der Waals surface area contributed by atoms with Gasteiger partial charge < -0.3 is 10.3 Å². The first-order chi connectivity index (χ1) is 16.0. The van der Waals surface area contributed by atoms with E-state index in [0.717, 1.165) is 47.2 Å². The second-order valence-electron chi connectivity index (χ2n) is 8.48. The Labute approximate surface area is 191 Å². The molecule has 8 heteroatoms. The second-order valence-corrected chi connectivity index (χ2v) is 8.48. The summed E-state index contributed by atoms with van der Waals surface area (Å²) >= 11 is 0. The highest BCUT2D eigenvalue weighted by Gasteiger charge is 2.20. The van der Waals surface area contributed by atoms with Gasteiger partial charge in [0, 0.05) is 37.9 Å². The molecule has 0 radical (unpaired) electrons. The lowest BCUT2D eigenvalue weighted by Crippen LogP contribution is -2.31. The minimum atomic E-state index is -0.181. The summed E-state index contributed by atoms with van der Waals surface area (Å²) in [5, 5.41) is 6.97. The van der Waals surface area contributed by atoms with E-state index in [1.54, 1.807) is 30.0 Å². The summed E-state index contributed by atoms with van der Waals surface area (Å²) < 4.78 is 1.72. The minimum Gasteiger partial charge on any atom is -0.354 e. The van der Waals surface area contributed by atoms with E-state index in [1.807, 2.05) is 19.1 Å². The predicted octanol–water partition coefficient (Wildman–Crippen LogP) is 3.09. The summed E-state index contributed by atoms with van der Waals surface area (Å²) in [5.74, 6) is -0.181. The Bertz CT molecular complexity index is 1450. The normalized spacial score (nSPS) is 15.5. The molecule has 5 rings (SSSR count). The average Bonchev–Trinajstić information content (AvgIpc) is 3.25. The van der Waals surface area contributed by atoms with Crippen molar-refractivity contribution in [1.82, 2.24) is 29.8 Å². The molecule has 1 aliphatic rings. The fourth-order valence-corrected chi connectivity index (χ4v) is 4.52. The van der Waals surface area contributed by atoms with E-state index in [4.69, 9.17) is 0 Å². The fraction of sp³-hybridized carbons (Fsp3) is 0.280. The highest BCUT2D eigenvalue weighted by Crippen LogP contribution is 2.29. The first-order valence-electron chi connectivity index (χ1n) is 11.1. The number of carbonyl (C=O) groups is 1. The SMILES string of the molecule is CNC(=O)c1ccc(C2=CCN(C(C)c3ccc4c(c3)[nH]c(=O)c3c(C)cnn34)CC2)cn1. The van der Waals surface area contributed by atoms with E-state index in [9.17, 15) is 9.59 Å². The highest BCUT2D eigenvalue weighted by molar-refractivity contribution is 5.92. The molecule has 33 heavy (non-hydrogen) atoms. The monoisotopic (exact) mass is 442 g/mol. The first-order valence-corrected chi connectivity index (χ1v) is 11.1. The number of nitrogens with one attached hydrogen (secondary N) is 2. The summed E-state index contributed by atoms with van der Waals surface area (Å²) in [5.41, 5.74) is 6.88. The molecule has 0 saturated heterocycles. The van der Waals surface area contributed by atoms with E-state index in [0.29, 0.717) is 11.2 Å². The number of aromatic nitrogens is 4. The summed E-state index contributed by atoms with van der Waals surface area (Å²) in [6.45, 7) is 5.81. The molecule has 0 aliphatic carbocycles.